The lowest BCUT2D eigenvalue weighted by atomic mass is 10.2. The average Bonchev–Trinajstić information content (AvgIpc) is 2.30. The molecule has 1 aromatic carbocycles. The van der Waals surface area contributed by atoms with Crippen LogP contribution in [-0.2, 0) is 11.3 Å². The van der Waals surface area contributed by atoms with Crippen molar-refractivity contribution in [2.24, 2.45) is 0 Å². The van der Waals surface area contributed by atoms with Gasteiger partial charge in [0.05, 0.1) is 0 Å². The molecule has 94 valence electrons. The van der Waals surface area contributed by atoms with Crippen LogP contribution >= 0.6 is 11.9 Å². The Bertz CT molecular complexity index is 327. The van der Waals surface area contributed by atoms with Crippen LogP contribution in [0.4, 0.5) is 0 Å². The van der Waals surface area contributed by atoms with Crippen molar-refractivity contribution in [1.82, 2.24) is 14.9 Å². The zero-order valence-corrected chi connectivity index (χ0v) is 11.1. The second-order valence-electron chi connectivity index (χ2n) is 3.80. The van der Waals surface area contributed by atoms with Crippen molar-refractivity contribution >= 4 is 18.4 Å². The first kappa shape index (κ1) is 14.0. The summed E-state index contributed by atoms with van der Waals surface area (Å²) in [5, 5.41) is 5.87. The van der Waals surface area contributed by atoms with Crippen molar-refractivity contribution in [3.63, 3.8) is 0 Å². The lowest BCUT2D eigenvalue weighted by Crippen LogP contribution is -2.25. The zero-order valence-electron chi connectivity index (χ0n) is 10.3. The maximum atomic E-state index is 10.0. The van der Waals surface area contributed by atoms with E-state index in [4.69, 9.17) is 0 Å². The number of nitrogens with zero attached hydrogens (tertiary/aromatic N) is 1. The van der Waals surface area contributed by atoms with Crippen molar-refractivity contribution in [3.05, 3.63) is 29.8 Å². The number of carbonyl (C=O) groups excluding carboxylic acids is 1. The summed E-state index contributed by atoms with van der Waals surface area (Å²) in [5.74, 6) is 0. The molecule has 0 fully saturated rings. The zero-order chi connectivity index (χ0) is 12.5. The van der Waals surface area contributed by atoms with Crippen LogP contribution in [0.5, 0.6) is 0 Å². The van der Waals surface area contributed by atoms with Gasteiger partial charge in [-0.2, -0.15) is 0 Å². The summed E-state index contributed by atoms with van der Waals surface area (Å²) in [7, 11) is 4.06. The topological polar surface area (TPSA) is 44.4 Å². The predicted octanol–water partition coefficient (Wildman–Crippen LogP) is 1.09. The largest absolute Gasteiger partial charge is 0.357 e. The van der Waals surface area contributed by atoms with Crippen LogP contribution in [0.2, 0.25) is 0 Å². The van der Waals surface area contributed by atoms with E-state index in [9.17, 15) is 4.79 Å². The van der Waals surface area contributed by atoms with Crippen LogP contribution in [0, 0.1) is 0 Å². The molecule has 4 nitrogen and oxygen atoms in total. The highest BCUT2D eigenvalue weighted by Crippen LogP contribution is 2.19. The van der Waals surface area contributed by atoms with Crippen molar-refractivity contribution in [2.45, 2.75) is 11.4 Å². The van der Waals surface area contributed by atoms with Crippen LogP contribution < -0.4 is 10.6 Å². The summed E-state index contributed by atoms with van der Waals surface area (Å²) in [6, 6.07) is 8.47. The van der Waals surface area contributed by atoms with E-state index >= 15 is 0 Å². The molecule has 0 aromatic heterocycles. The smallest absolute Gasteiger partial charge is 0.207 e. The van der Waals surface area contributed by atoms with Crippen molar-refractivity contribution in [1.29, 1.82) is 0 Å². The lowest BCUT2D eigenvalue weighted by Gasteiger charge is -2.09. The molecular formula is C12H19N3OS. The number of hydrogen-bond acceptors (Lipinski definition) is 4. The van der Waals surface area contributed by atoms with Gasteiger partial charge in [0.1, 0.15) is 0 Å². The molecule has 0 bridgehead atoms. The number of benzene rings is 1. The number of nitrogens with one attached hydrogen (secondary N) is 2. The lowest BCUT2D eigenvalue weighted by molar-refractivity contribution is -0.109. The Morgan fingerprint density at radius 1 is 1.24 bits per heavy atom. The van der Waals surface area contributed by atoms with E-state index in [2.05, 4.69) is 39.2 Å². The van der Waals surface area contributed by atoms with E-state index in [1.807, 2.05) is 14.1 Å². The van der Waals surface area contributed by atoms with Gasteiger partial charge in [-0.1, -0.05) is 12.1 Å². The van der Waals surface area contributed by atoms with Gasteiger partial charge < -0.3 is 10.6 Å². The fraction of sp³-hybridized carbons (Fsp3) is 0.417. The average molecular weight is 253 g/mol. The molecule has 0 heterocycles. The highest BCUT2D eigenvalue weighted by Gasteiger charge is 1.97. The van der Waals surface area contributed by atoms with Crippen molar-refractivity contribution < 1.29 is 4.79 Å². The molecule has 17 heavy (non-hydrogen) atoms. The molecule has 1 amide bonds. The Labute approximate surface area is 107 Å². The molecule has 0 atom stereocenters. The van der Waals surface area contributed by atoms with Crippen LogP contribution in [-0.4, -0.2) is 37.9 Å². The Hall–Kier alpha value is -1.04. The summed E-state index contributed by atoms with van der Waals surface area (Å²) < 4.78 is 2.07. The normalized spacial score (nSPS) is 10.5. The molecule has 1 rings (SSSR count). The second kappa shape index (κ2) is 8.11. The third kappa shape index (κ3) is 6.31. The van der Waals surface area contributed by atoms with Gasteiger partial charge in [-0.3, -0.25) is 9.10 Å². The highest BCUT2D eigenvalue weighted by molar-refractivity contribution is 7.97. The molecule has 0 saturated carbocycles. The molecule has 0 spiro atoms. The molecule has 0 radical (unpaired) electrons. The first-order chi connectivity index (χ1) is 8.22. The van der Waals surface area contributed by atoms with Gasteiger partial charge >= 0.3 is 0 Å². The summed E-state index contributed by atoms with van der Waals surface area (Å²) in [4.78, 5) is 11.3. The van der Waals surface area contributed by atoms with Crippen LogP contribution in [0.3, 0.4) is 0 Å². The van der Waals surface area contributed by atoms with Gasteiger partial charge in [0, 0.05) is 24.5 Å². The SMILES string of the molecule is CN(C)Sc1ccc(CNCCNC=O)cc1. The molecular weight excluding hydrogens is 234 g/mol. The second-order valence-corrected chi connectivity index (χ2v) is 5.18. The van der Waals surface area contributed by atoms with Gasteiger partial charge in [-0.25, -0.2) is 0 Å². The van der Waals surface area contributed by atoms with Gasteiger partial charge in [-0.05, 0) is 43.7 Å². The minimum atomic E-state index is 0.665. The van der Waals surface area contributed by atoms with E-state index in [1.54, 1.807) is 11.9 Å². The summed E-state index contributed by atoms with van der Waals surface area (Å²) >= 11 is 1.71. The van der Waals surface area contributed by atoms with E-state index in [1.165, 1.54) is 10.5 Å². The maximum Gasteiger partial charge on any atom is 0.207 e. The molecule has 0 aliphatic rings. The quantitative estimate of drug-likeness (QED) is 0.413. The highest BCUT2D eigenvalue weighted by atomic mass is 32.2. The molecule has 0 unspecified atom stereocenters. The fourth-order valence-corrected chi connectivity index (χ4v) is 2.01. The van der Waals surface area contributed by atoms with Gasteiger partial charge in [0.2, 0.25) is 6.41 Å². The summed E-state index contributed by atoms with van der Waals surface area (Å²) in [6.07, 6.45) is 0.717. The first-order valence-corrected chi connectivity index (χ1v) is 6.31. The van der Waals surface area contributed by atoms with Crippen LogP contribution in [0.25, 0.3) is 0 Å². The Morgan fingerprint density at radius 3 is 2.53 bits per heavy atom. The molecule has 1 aromatic rings. The van der Waals surface area contributed by atoms with Crippen LogP contribution in [0.15, 0.2) is 29.2 Å². The third-order valence-electron chi connectivity index (χ3n) is 2.07. The monoisotopic (exact) mass is 253 g/mol. The number of amides is 1. The van der Waals surface area contributed by atoms with Gasteiger partial charge in [0.15, 0.2) is 0 Å². The van der Waals surface area contributed by atoms with E-state index in [-0.39, 0.29) is 0 Å². The minimum Gasteiger partial charge on any atom is -0.357 e. The summed E-state index contributed by atoms with van der Waals surface area (Å²) in [5.41, 5.74) is 1.25. The number of rotatable bonds is 8. The van der Waals surface area contributed by atoms with Gasteiger partial charge in [0.25, 0.3) is 0 Å². The molecule has 0 saturated heterocycles. The number of hydrogen-bond donors (Lipinski definition) is 2. The first-order valence-electron chi connectivity index (χ1n) is 5.54. The Morgan fingerprint density at radius 2 is 1.94 bits per heavy atom. The van der Waals surface area contributed by atoms with Crippen molar-refractivity contribution in [3.8, 4) is 0 Å². The van der Waals surface area contributed by atoms with Gasteiger partial charge in [-0.15, -0.1) is 0 Å². The predicted molar refractivity (Wildman–Crippen MR) is 71.8 cm³/mol. The maximum absolute atomic E-state index is 10.0. The minimum absolute atomic E-state index is 0.665. The Kier molecular flexibility index (Phi) is 6.69. The Balaban J connectivity index is 2.27. The van der Waals surface area contributed by atoms with E-state index < -0.39 is 0 Å². The van der Waals surface area contributed by atoms with Crippen LogP contribution in [0.1, 0.15) is 5.56 Å². The molecule has 2 N–H and O–H groups in total. The number of carbonyl (C=O) groups is 1. The molecule has 5 heteroatoms. The molecule has 0 aliphatic heterocycles. The fourth-order valence-electron chi connectivity index (χ4n) is 1.33. The van der Waals surface area contributed by atoms with E-state index in [0.29, 0.717) is 6.54 Å². The van der Waals surface area contributed by atoms with Crippen molar-refractivity contribution in [2.75, 3.05) is 27.2 Å². The standard InChI is InChI=1S/C12H19N3OS/c1-15(2)17-12-5-3-11(4-6-12)9-13-7-8-14-10-16/h3-6,10,13H,7-9H2,1-2H3,(H,14,16). The summed E-state index contributed by atoms with van der Waals surface area (Å²) in [6.45, 7) is 2.28. The molecule has 0 aliphatic carbocycles. The van der Waals surface area contributed by atoms with E-state index in [0.717, 1.165) is 19.5 Å². The third-order valence-corrected chi connectivity index (χ3v) is 2.92.